The highest BCUT2D eigenvalue weighted by Crippen LogP contribution is 2.22. The molecule has 1 unspecified atom stereocenters. The molecule has 2 aromatic rings. The lowest BCUT2D eigenvalue weighted by atomic mass is 10.2. The van der Waals surface area contributed by atoms with Crippen molar-refractivity contribution < 1.29 is 19.0 Å². The normalized spacial score (nSPS) is 17.5. The van der Waals surface area contributed by atoms with Crippen LogP contribution in [0.5, 0.6) is 11.5 Å². The molecule has 0 aromatic heterocycles. The van der Waals surface area contributed by atoms with Crippen molar-refractivity contribution in [2.45, 2.75) is 19.1 Å². The molecule has 21 heavy (non-hydrogen) atoms. The number of cyclic esters (lactones) is 1. The van der Waals surface area contributed by atoms with Crippen molar-refractivity contribution in [3.05, 3.63) is 60.2 Å². The van der Waals surface area contributed by atoms with Crippen molar-refractivity contribution in [2.75, 3.05) is 6.61 Å². The van der Waals surface area contributed by atoms with E-state index in [1.165, 1.54) is 0 Å². The van der Waals surface area contributed by atoms with Crippen LogP contribution in [0.4, 0.5) is 0 Å². The molecule has 1 aliphatic rings. The molecule has 0 aliphatic carbocycles. The average Bonchev–Trinajstić information content (AvgIpc) is 2.92. The summed E-state index contributed by atoms with van der Waals surface area (Å²) < 4.78 is 16.2. The van der Waals surface area contributed by atoms with Crippen LogP contribution >= 0.6 is 0 Å². The third kappa shape index (κ3) is 3.61. The molecule has 1 heterocycles. The first-order valence-corrected chi connectivity index (χ1v) is 6.91. The maximum absolute atomic E-state index is 11.3. The lowest BCUT2D eigenvalue weighted by Gasteiger charge is -2.10. The first-order chi connectivity index (χ1) is 10.3. The zero-order valence-electron chi connectivity index (χ0n) is 11.5. The fourth-order valence-electron chi connectivity index (χ4n) is 2.15. The van der Waals surface area contributed by atoms with Crippen LogP contribution in [0, 0.1) is 0 Å². The molecule has 0 saturated carbocycles. The van der Waals surface area contributed by atoms with Crippen LogP contribution in [0.3, 0.4) is 0 Å². The Kier molecular flexibility index (Phi) is 4.17. The lowest BCUT2D eigenvalue weighted by Crippen LogP contribution is -2.18. The van der Waals surface area contributed by atoms with Gasteiger partial charge in [-0.15, -0.1) is 0 Å². The summed E-state index contributed by atoms with van der Waals surface area (Å²) in [5, 5.41) is 0. The molecule has 0 amide bonds. The van der Waals surface area contributed by atoms with Gasteiger partial charge in [-0.05, 0) is 29.8 Å². The summed E-state index contributed by atoms with van der Waals surface area (Å²) in [6.45, 7) is 0.812. The molecule has 1 fully saturated rings. The molecule has 0 radical (unpaired) electrons. The van der Waals surface area contributed by atoms with Crippen LogP contribution in [-0.2, 0) is 20.9 Å². The number of hydrogen-bond donors (Lipinski definition) is 0. The molecule has 0 bridgehead atoms. The predicted octanol–water partition coefficient (Wildman–Crippen LogP) is 3.31. The van der Waals surface area contributed by atoms with E-state index in [9.17, 15) is 4.79 Å². The molecule has 1 atom stereocenters. The minimum atomic E-state index is -0.441. The fraction of sp³-hybridized carbons (Fsp3) is 0.235. The van der Waals surface area contributed by atoms with E-state index in [1.54, 1.807) is 0 Å². The third-order valence-electron chi connectivity index (χ3n) is 3.22. The SMILES string of the molecule is O=C1OCCC1OCc1cccc(Oc2ccccc2)c1. The minimum Gasteiger partial charge on any atom is -0.464 e. The molecule has 2 aromatic carbocycles. The summed E-state index contributed by atoms with van der Waals surface area (Å²) in [5.41, 5.74) is 0.961. The van der Waals surface area contributed by atoms with Gasteiger partial charge in [-0.1, -0.05) is 30.3 Å². The highest BCUT2D eigenvalue weighted by atomic mass is 16.6. The van der Waals surface area contributed by atoms with Crippen molar-refractivity contribution in [1.82, 2.24) is 0 Å². The molecule has 1 saturated heterocycles. The Bertz CT molecular complexity index is 609. The number of carbonyl (C=O) groups excluding carboxylic acids is 1. The third-order valence-corrected chi connectivity index (χ3v) is 3.22. The summed E-state index contributed by atoms with van der Waals surface area (Å²) in [6.07, 6.45) is 0.183. The van der Waals surface area contributed by atoms with Gasteiger partial charge in [0.25, 0.3) is 0 Å². The number of carbonyl (C=O) groups is 1. The minimum absolute atomic E-state index is 0.272. The standard InChI is InChI=1S/C17H16O4/c18-17-16(9-10-19-17)20-12-13-5-4-8-15(11-13)21-14-6-2-1-3-7-14/h1-8,11,16H,9-10,12H2. The van der Waals surface area contributed by atoms with Crippen molar-refractivity contribution in [3.8, 4) is 11.5 Å². The van der Waals surface area contributed by atoms with Crippen LogP contribution in [0.25, 0.3) is 0 Å². The number of rotatable bonds is 5. The summed E-state index contributed by atoms with van der Waals surface area (Å²) in [6, 6.07) is 17.2. The Morgan fingerprint density at radius 3 is 2.62 bits per heavy atom. The zero-order chi connectivity index (χ0) is 14.5. The van der Waals surface area contributed by atoms with Crippen LogP contribution in [0.15, 0.2) is 54.6 Å². The van der Waals surface area contributed by atoms with E-state index in [0.717, 1.165) is 17.1 Å². The van der Waals surface area contributed by atoms with Gasteiger partial charge in [-0.25, -0.2) is 4.79 Å². The molecule has 0 spiro atoms. The largest absolute Gasteiger partial charge is 0.464 e. The van der Waals surface area contributed by atoms with Gasteiger partial charge in [0.2, 0.25) is 0 Å². The quantitative estimate of drug-likeness (QED) is 0.790. The zero-order valence-corrected chi connectivity index (χ0v) is 11.5. The Hall–Kier alpha value is -2.33. The number of esters is 1. The van der Waals surface area contributed by atoms with Crippen LogP contribution in [-0.4, -0.2) is 18.7 Å². The highest BCUT2D eigenvalue weighted by molar-refractivity contribution is 5.76. The van der Waals surface area contributed by atoms with Gasteiger partial charge in [-0.3, -0.25) is 0 Å². The summed E-state index contributed by atoms with van der Waals surface area (Å²) >= 11 is 0. The second-order valence-corrected chi connectivity index (χ2v) is 4.82. The van der Waals surface area contributed by atoms with E-state index in [4.69, 9.17) is 14.2 Å². The van der Waals surface area contributed by atoms with Crippen LogP contribution in [0.1, 0.15) is 12.0 Å². The Labute approximate surface area is 123 Å². The topological polar surface area (TPSA) is 44.8 Å². The van der Waals surface area contributed by atoms with Crippen molar-refractivity contribution in [1.29, 1.82) is 0 Å². The molecule has 4 nitrogen and oxygen atoms in total. The highest BCUT2D eigenvalue weighted by Gasteiger charge is 2.27. The maximum atomic E-state index is 11.3. The van der Waals surface area contributed by atoms with Crippen molar-refractivity contribution in [2.24, 2.45) is 0 Å². The van der Waals surface area contributed by atoms with E-state index in [0.29, 0.717) is 19.6 Å². The Morgan fingerprint density at radius 1 is 1.05 bits per heavy atom. The smallest absolute Gasteiger partial charge is 0.335 e. The van der Waals surface area contributed by atoms with E-state index in [-0.39, 0.29) is 5.97 Å². The monoisotopic (exact) mass is 284 g/mol. The number of ether oxygens (including phenoxy) is 3. The first kappa shape index (κ1) is 13.6. The number of benzene rings is 2. The van der Waals surface area contributed by atoms with Gasteiger partial charge < -0.3 is 14.2 Å². The second-order valence-electron chi connectivity index (χ2n) is 4.82. The van der Waals surface area contributed by atoms with Crippen molar-refractivity contribution >= 4 is 5.97 Å². The van der Waals surface area contributed by atoms with Crippen LogP contribution < -0.4 is 4.74 Å². The van der Waals surface area contributed by atoms with Gasteiger partial charge in [0.15, 0.2) is 6.10 Å². The van der Waals surface area contributed by atoms with Gasteiger partial charge in [0, 0.05) is 6.42 Å². The molecule has 1 aliphatic heterocycles. The molecule has 0 N–H and O–H groups in total. The predicted molar refractivity (Wildman–Crippen MR) is 77.1 cm³/mol. The lowest BCUT2D eigenvalue weighted by molar-refractivity contribution is -0.147. The number of hydrogen-bond acceptors (Lipinski definition) is 4. The van der Waals surface area contributed by atoms with E-state index in [1.807, 2.05) is 54.6 Å². The Balaban J connectivity index is 1.62. The maximum Gasteiger partial charge on any atom is 0.335 e. The van der Waals surface area contributed by atoms with E-state index in [2.05, 4.69) is 0 Å². The molecule has 4 heteroatoms. The summed E-state index contributed by atoms with van der Waals surface area (Å²) in [5.74, 6) is 1.26. The molecular weight excluding hydrogens is 268 g/mol. The van der Waals surface area contributed by atoms with Crippen LogP contribution in [0.2, 0.25) is 0 Å². The summed E-state index contributed by atoms with van der Waals surface area (Å²) in [7, 11) is 0. The van der Waals surface area contributed by atoms with Gasteiger partial charge >= 0.3 is 5.97 Å². The summed E-state index contributed by atoms with van der Waals surface area (Å²) in [4.78, 5) is 11.3. The average molecular weight is 284 g/mol. The molecule has 3 rings (SSSR count). The Morgan fingerprint density at radius 2 is 1.86 bits per heavy atom. The van der Waals surface area contributed by atoms with Gasteiger partial charge in [0.05, 0.1) is 13.2 Å². The van der Waals surface area contributed by atoms with E-state index >= 15 is 0 Å². The molecular formula is C17H16O4. The second kappa shape index (κ2) is 6.41. The molecule has 108 valence electrons. The first-order valence-electron chi connectivity index (χ1n) is 6.91. The van der Waals surface area contributed by atoms with Gasteiger partial charge in [-0.2, -0.15) is 0 Å². The fourth-order valence-corrected chi connectivity index (χ4v) is 2.15. The van der Waals surface area contributed by atoms with Crippen molar-refractivity contribution in [3.63, 3.8) is 0 Å². The van der Waals surface area contributed by atoms with Gasteiger partial charge in [0.1, 0.15) is 11.5 Å². The van der Waals surface area contributed by atoms with E-state index < -0.39 is 6.10 Å². The number of para-hydroxylation sites is 1.